The first-order valence-corrected chi connectivity index (χ1v) is 6.56. The standard InChI is InChI=1S/C11H11FN2S2/c1-7-10(16-11(13)14-7)15-6-8-4-2-3-5-9(8)12/h2-5H,6H2,1H3,(H2,13,14). The summed E-state index contributed by atoms with van der Waals surface area (Å²) in [6.07, 6.45) is 0. The van der Waals surface area contributed by atoms with Gasteiger partial charge in [0.25, 0.3) is 0 Å². The van der Waals surface area contributed by atoms with Gasteiger partial charge < -0.3 is 5.73 Å². The maximum absolute atomic E-state index is 13.3. The van der Waals surface area contributed by atoms with Crippen molar-refractivity contribution in [3.05, 3.63) is 41.3 Å². The molecule has 0 bridgehead atoms. The largest absolute Gasteiger partial charge is 0.375 e. The fourth-order valence-corrected chi connectivity index (χ4v) is 3.30. The number of nitrogens with zero attached hydrogens (tertiary/aromatic N) is 1. The third kappa shape index (κ3) is 2.54. The van der Waals surface area contributed by atoms with Gasteiger partial charge in [-0.05, 0) is 18.6 Å². The average Bonchev–Trinajstić information content (AvgIpc) is 2.56. The Balaban J connectivity index is 2.08. The van der Waals surface area contributed by atoms with E-state index in [2.05, 4.69) is 4.98 Å². The van der Waals surface area contributed by atoms with Gasteiger partial charge in [0.1, 0.15) is 5.82 Å². The molecular weight excluding hydrogens is 243 g/mol. The predicted octanol–water partition coefficient (Wildman–Crippen LogP) is 3.47. The molecule has 84 valence electrons. The van der Waals surface area contributed by atoms with Crippen LogP contribution in [0.4, 0.5) is 9.52 Å². The normalized spacial score (nSPS) is 10.6. The van der Waals surface area contributed by atoms with Gasteiger partial charge in [-0.2, -0.15) is 0 Å². The summed E-state index contributed by atoms with van der Waals surface area (Å²) < 4.78 is 14.4. The number of rotatable bonds is 3. The minimum atomic E-state index is -0.162. The van der Waals surface area contributed by atoms with E-state index in [1.54, 1.807) is 23.9 Å². The predicted molar refractivity (Wildman–Crippen MR) is 67.2 cm³/mol. The van der Waals surface area contributed by atoms with E-state index in [1.807, 2.05) is 13.0 Å². The van der Waals surface area contributed by atoms with Crippen molar-refractivity contribution in [2.45, 2.75) is 16.9 Å². The second-order valence-electron chi connectivity index (χ2n) is 3.31. The van der Waals surface area contributed by atoms with Crippen molar-refractivity contribution >= 4 is 28.2 Å². The molecule has 0 spiro atoms. The van der Waals surface area contributed by atoms with Crippen LogP contribution < -0.4 is 5.73 Å². The number of nitrogen functional groups attached to an aromatic ring is 1. The molecule has 0 saturated heterocycles. The molecule has 0 amide bonds. The monoisotopic (exact) mass is 254 g/mol. The highest BCUT2D eigenvalue weighted by Crippen LogP contribution is 2.33. The Morgan fingerprint density at radius 2 is 2.19 bits per heavy atom. The lowest BCUT2D eigenvalue weighted by atomic mass is 10.2. The maximum atomic E-state index is 13.3. The highest BCUT2D eigenvalue weighted by Gasteiger charge is 2.07. The van der Waals surface area contributed by atoms with Gasteiger partial charge in [0, 0.05) is 5.75 Å². The molecule has 2 N–H and O–H groups in total. The van der Waals surface area contributed by atoms with Crippen LogP contribution in [0.2, 0.25) is 0 Å². The molecule has 1 heterocycles. The number of aryl methyl sites for hydroxylation is 1. The summed E-state index contributed by atoms with van der Waals surface area (Å²) in [5.41, 5.74) is 7.23. The number of halogens is 1. The summed E-state index contributed by atoms with van der Waals surface area (Å²) in [5, 5.41) is 0.563. The van der Waals surface area contributed by atoms with Gasteiger partial charge >= 0.3 is 0 Å². The molecule has 0 radical (unpaired) electrons. The van der Waals surface area contributed by atoms with Crippen LogP contribution in [0, 0.1) is 12.7 Å². The molecular formula is C11H11FN2S2. The number of nitrogens with two attached hydrogens (primary N) is 1. The van der Waals surface area contributed by atoms with Crippen LogP contribution in [0.25, 0.3) is 0 Å². The lowest BCUT2D eigenvalue weighted by molar-refractivity contribution is 0.617. The molecule has 2 rings (SSSR count). The van der Waals surface area contributed by atoms with Gasteiger partial charge in [-0.1, -0.05) is 29.5 Å². The van der Waals surface area contributed by atoms with Gasteiger partial charge in [-0.3, -0.25) is 0 Å². The molecule has 0 aliphatic rings. The first-order chi connectivity index (χ1) is 7.66. The van der Waals surface area contributed by atoms with Gasteiger partial charge in [-0.25, -0.2) is 9.37 Å². The molecule has 2 nitrogen and oxygen atoms in total. The summed E-state index contributed by atoms with van der Waals surface area (Å²) >= 11 is 3.02. The summed E-state index contributed by atoms with van der Waals surface area (Å²) in [7, 11) is 0. The molecule has 1 aromatic carbocycles. The van der Waals surface area contributed by atoms with E-state index in [9.17, 15) is 4.39 Å². The van der Waals surface area contributed by atoms with Crippen molar-refractivity contribution in [1.29, 1.82) is 0 Å². The Morgan fingerprint density at radius 1 is 1.44 bits per heavy atom. The van der Waals surface area contributed by atoms with Crippen molar-refractivity contribution in [1.82, 2.24) is 4.98 Å². The third-order valence-electron chi connectivity index (χ3n) is 2.09. The smallest absolute Gasteiger partial charge is 0.181 e. The Morgan fingerprint density at radius 3 is 2.81 bits per heavy atom. The third-order valence-corrected chi connectivity index (χ3v) is 4.48. The van der Waals surface area contributed by atoms with Crippen molar-refractivity contribution in [3.63, 3.8) is 0 Å². The summed E-state index contributed by atoms with van der Waals surface area (Å²) in [4.78, 5) is 4.13. The van der Waals surface area contributed by atoms with Crippen molar-refractivity contribution in [3.8, 4) is 0 Å². The molecule has 0 atom stereocenters. The van der Waals surface area contributed by atoms with E-state index in [0.717, 1.165) is 9.90 Å². The molecule has 5 heteroatoms. The maximum Gasteiger partial charge on any atom is 0.181 e. The number of hydrogen-bond donors (Lipinski definition) is 1. The van der Waals surface area contributed by atoms with Crippen LogP contribution in [0.3, 0.4) is 0 Å². The second-order valence-corrected chi connectivity index (χ2v) is 5.58. The van der Waals surface area contributed by atoms with Gasteiger partial charge in [0.05, 0.1) is 9.90 Å². The van der Waals surface area contributed by atoms with Gasteiger partial charge in [0.15, 0.2) is 5.13 Å². The Bertz CT molecular complexity index is 496. The van der Waals surface area contributed by atoms with E-state index >= 15 is 0 Å². The highest BCUT2D eigenvalue weighted by molar-refractivity contribution is 8.00. The van der Waals surface area contributed by atoms with Crippen molar-refractivity contribution in [2.24, 2.45) is 0 Å². The molecule has 0 aliphatic carbocycles. The lowest BCUT2D eigenvalue weighted by Gasteiger charge is -2.01. The molecule has 0 fully saturated rings. The topological polar surface area (TPSA) is 38.9 Å². The van der Waals surface area contributed by atoms with E-state index in [0.29, 0.717) is 16.4 Å². The molecule has 0 unspecified atom stereocenters. The van der Waals surface area contributed by atoms with Crippen LogP contribution in [0.5, 0.6) is 0 Å². The quantitative estimate of drug-likeness (QED) is 0.852. The molecule has 1 aromatic heterocycles. The zero-order chi connectivity index (χ0) is 11.5. The number of thiazole rings is 1. The molecule has 0 saturated carbocycles. The number of aromatic nitrogens is 1. The minimum absolute atomic E-state index is 0.162. The zero-order valence-corrected chi connectivity index (χ0v) is 10.4. The van der Waals surface area contributed by atoms with Crippen molar-refractivity contribution < 1.29 is 4.39 Å². The summed E-state index contributed by atoms with van der Waals surface area (Å²) in [6.45, 7) is 1.91. The number of thioether (sulfide) groups is 1. The molecule has 2 aromatic rings. The first-order valence-electron chi connectivity index (χ1n) is 4.76. The van der Waals surface area contributed by atoms with E-state index in [-0.39, 0.29) is 5.82 Å². The summed E-state index contributed by atoms with van der Waals surface area (Å²) in [5.74, 6) is 0.444. The van der Waals surface area contributed by atoms with Gasteiger partial charge in [0.2, 0.25) is 0 Å². The van der Waals surface area contributed by atoms with Crippen LogP contribution in [-0.4, -0.2) is 4.98 Å². The fraction of sp³-hybridized carbons (Fsp3) is 0.182. The SMILES string of the molecule is Cc1nc(N)sc1SCc1ccccc1F. The lowest BCUT2D eigenvalue weighted by Crippen LogP contribution is -1.86. The molecule has 0 aliphatic heterocycles. The zero-order valence-electron chi connectivity index (χ0n) is 8.74. The summed E-state index contributed by atoms with van der Waals surface area (Å²) in [6, 6.07) is 6.80. The molecule has 16 heavy (non-hydrogen) atoms. The van der Waals surface area contributed by atoms with E-state index in [4.69, 9.17) is 5.73 Å². The highest BCUT2D eigenvalue weighted by atomic mass is 32.2. The Kier molecular flexibility index (Phi) is 3.46. The van der Waals surface area contributed by atoms with E-state index in [1.165, 1.54) is 17.4 Å². The number of hydrogen-bond acceptors (Lipinski definition) is 4. The van der Waals surface area contributed by atoms with E-state index < -0.39 is 0 Å². The number of anilines is 1. The number of benzene rings is 1. The minimum Gasteiger partial charge on any atom is -0.375 e. The van der Waals surface area contributed by atoms with Crippen LogP contribution in [0.15, 0.2) is 28.5 Å². The van der Waals surface area contributed by atoms with Gasteiger partial charge in [-0.15, -0.1) is 11.8 Å². The van der Waals surface area contributed by atoms with Crippen LogP contribution >= 0.6 is 23.1 Å². The van der Waals surface area contributed by atoms with Crippen LogP contribution in [-0.2, 0) is 5.75 Å². The first kappa shape index (κ1) is 11.4. The average molecular weight is 254 g/mol. The van der Waals surface area contributed by atoms with Crippen molar-refractivity contribution in [2.75, 3.05) is 5.73 Å². The second kappa shape index (κ2) is 4.84. The van der Waals surface area contributed by atoms with Crippen LogP contribution in [0.1, 0.15) is 11.3 Å². The Hall–Kier alpha value is -1.07. The Labute approximate surface area is 102 Å². The fourth-order valence-electron chi connectivity index (χ4n) is 1.30.